The van der Waals surface area contributed by atoms with Crippen LogP contribution >= 0.6 is 11.8 Å². The monoisotopic (exact) mass is 324 g/mol. The van der Waals surface area contributed by atoms with Crippen molar-refractivity contribution < 1.29 is 9.53 Å². The van der Waals surface area contributed by atoms with Gasteiger partial charge in [0.15, 0.2) is 0 Å². The van der Waals surface area contributed by atoms with Crippen LogP contribution in [0.1, 0.15) is 37.5 Å². The summed E-state index contributed by atoms with van der Waals surface area (Å²) in [7, 11) is 1.97. The van der Waals surface area contributed by atoms with Gasteiger partial charge in [-0.25, -0.2) is 9.78 Å². The lowest BCUT2D eigenvalue weighted by Crippen LogP contribution is -2.46. The molecule has 7 heteroatoms. The molecule has 0 bridgehead atoms. The van der Waals surface area contributed by atoms with E-state index in [1.165, 1.54) is 18.6 Å². The molecule has 22 heavy (non-hydrogen) atoms. The fourth-order valence-electron chi connectivity index (χ4n) is 3.06. The lowest BCUT2D eigenvalue weighted by molar-refractivity contribution is -0.00177. The minimum Gasteiger partial charge on any atom is -0.372 e. The van der Waals surface area contributed by atoms with Gasteiger partial charge < -0.3 is 19.9 Å². The van der Waals surface area contributed by atoms with Gasteiger partial charge in [-0.3, -0.25) is 0 Å². The van der Waals surface area contributed by atoms with Crippen LogP contribution in [0.15, 0.2) is 12.5 Å². The Hall–Kier alpha value is -1.21. The number of hydrogen-bond donors (Lipinski definition) is 2. The molecule has 1 aromatic heterocycles. The van der Waals surface area contributed by atoms with Crippen molar-refractivity contribution in [2.24, 2.45) is 7.05 Å². The second kappa shape index (κ2) is 7.37. The largest absolute Gasteiger partial charge is 0.372 e. The van der Waals surface area contributed by atoms with Gasteiger partial charge in [0.1, 0.15) is 6.10 Å². The molecule has 2 amide bonds. The number of rotatable bonds is 4. The van der Waals surface area contributed by atoms with Crippen LogP contribution in [0.5, 0.6) is 0 Å². The predicted octanol–water partition coefficient (Wildman–Crippen LogP) is 1.83. The maximum Gasteiger partial charge on any atom is 0.315 e. The first kappa shape index (κ1) is 15.7. The van der Waals surface area contributed by atoms with Crippen molar-refractivity contribution in [2.75, 3.05) is 18.9 Å². The minimum atomic E-state index is -0.0526. The molecule has 0 radical (unpaired) electrons. The smallest absolute Gasteiger partial charge is 0.315 e. The summed E-state index contributed by atoms with van der Waals surface area (Å²) in [6, 6.07) is 0.105. The summed E-state index contributed by atoms with van der Waals surface area (Å²) < 4.78 is 7.80. The topological polar surface area (TPSA) is 68.2 Å². The van der Waals surface area contributed by atoms with Crippen molar-refractivity contribution in [3.05, 3.63) is 18.2 Å². The number of ether oxygens (including phenoxy) is 1. The summed E-state index contributed by atoms with van der Waals surface area (Å²) in [5.41, 5.74) is 1.06. The number of aromatic nitrogens is 2. The maximum absolute atomic E-state index is 12.0. The minimum absolute atomic E-state index is 0.0111. The average molecular weight is 324 g/mol. The molecule has 2 saturated heterocycles. The van der Waals surface area contributed by atoms with E-state index >= 15 is 0 Å². The predicted molar refractivity (Wildman–Crippen MR) is 86.9 cm³/mol. The van der Waals surface area contributed by atoms with Crippen LogP contribution in [0.4, 0.5) is 4.79 Å². The number of aryl methyl sites for hydroxylation is 1. The molecular weight excluding hydrogens is 300 g/mol. The molecule has 122 valence electrons. The lowest BCUT2D eigenvalue weighted by atomic mass is 10.0. The fourth-order valence-corrected chi connectivity index (χ4v) is 4.26. The molecule has 1 aromatic rings. The number of urea groups is 1. The van der Waals surface area contributed by atoms with Crippen LogP contribution in [0.3, 0.4) is 0 Å². The molecule has 0 aliphatic carbocycles. The van der Waals surface area contributed by atoms with Crippen LogP contribution in [0.25, 0.3) is 0 Å². The molecule has 0 spiro atoms. The summed E-state index contributed by atoms with van der Waals surface area (Å²) in [4.78, 5) is 16.2. The van der Waals surface area contributed by atoms with Crippen molar-refractivity contribution in [1.82, 2.24) is 20.2 Å². The number of carbonyl (C=O) groups excluding carboxylic acids is 1. The summed E-state index contributed by atoms with van der Waals surface area (Å²) in [5.74, 6) is 1.22. The number of imidazole rings is 1. The Morgan fingerprint density at radius 3 is 3.18 bits per heavy atom. The third-order valence-corrected chi connectivity index (χ3v) is 5.72. The highest BCUT2D eigenvalue weighted by Crippen LogP contribution is 2.27. The lowest BCUT2D eigenvalue weighted by Gasteiger charge is -2.30. The third kappa shape index (κ3) is 3.95. The van der Waals surface area contributed by atoms with E-state index in [4.69, 9.17) is 4.74 Å². The molecule has 2 aliphatic rings. The first-order valence-electron chi connectivity index (χ1n) is 7.96. The number of carbonyl (C=O) groups is 1. The fraction of sp³-hybridized carbons (Fsp3) is 0.733. The zero-order valence-electron chi connectivity index (χ0n) is 13.0. The van der Waals surface area contributed by atoms with E-state index < -0.39 is 0 Å². The Morgan fingerprint density at radius 1 is 1.55 bits per heavy atom. The Kier molecular flexibility index (Phi) is 5.25. The molecule has 0 unspecified atom stereocenters. The second-order valence-corrected chi connectivity index (χ2v) is 7.41. The number of hydrogen-bond acceptors (Lipinski definition) is 4. The van der Waals surface area contributed by atoms with Crippen molar-refractivity contribution >= 4 is 17.8 Å². The first-order chi connectivity index (χ1) is 10.7. The van der Waals surface area contributed by atoms with Gasteiger partial charge in [0.25, 0.3) is 0 Å². The zero-order valence-corrected chi connectivity index (χ0v) is 13.8. The van der Waals surface area contributed by atoms with Crippen molar-refractivity contribution in [3.63, 3.8) is 0 Å². The second-order valence-electron chi connectivity index (χ2n) is 6.00. The summed E-state index contributed by atoms with van der Waals surface area (Å²) in [6.07, 6.45) is 7.77. The van der Waals surface area contributed by atoms with Crippen LogP contribution < -0.4 is 10.6 Å². The Bertz CT molecular complexity index is 501. The van der Waals surface area contributed by atoms with Crippen LogP contribution in [0, 0.1) is 0 Å². The highest BCUT2D eigenvalue weighted by atomic mass is 32.2. The number of amides is 2. The molecular formula is C15H24N4O2S. The van der Waals surface area contributed by atoms with Gasteiger partial charge >= 0.3 is 6.03 Å². The average Bonchev–Trinajstić information content (AvgIpc) is 3.16. The molecule has 3 atom stereocenters. The van der Waals surface area contributed by atoms with E-state index in [-0.39, 0.29) is 18.2 Å². The van der Waals surface area contributed by atoms with Gasteiger partial charge in [-0.1, -0.05) is 0 Å². The van der Waals surface area contributed by atoms with E-state index in [9.17, 15) is 4.79 Å². The van der Waals surface area contributed by atoms with Crippen molar-refractivity contribution in [2.45, 2.75) is 43.1 Å². The van der Waals surface area contributed by atoms with Gasteiger partial charge in [-0.05, 0) is 31.4 Å². The normalized spacial score (nSPS) is 28.5. The van der Waals surface area contributed by atoms with E-state index in [2.05, 4.69) is 15.6 Å². The van der Waals surface area contributed by atoms with Crippen LogP contribution in [-0.4, -0.2) is 45.8 Å². The van der Waals surface area contributed by atoms with E-state index in [0.717, 1.165) is 25.1 Å². The van der Waals surface area contributed by atoms with E-state index in [0.29, 0.717) is 11.9 Å². The summed E-state index contributed by atoms with van der Waals surface area (Å²) in [5, 5.41) is 6.67. The van der Waals surface area contributed by atoms with E-state index in [1.807, 2.05) is 29.6 Å². The highest BCUT2D eigenvalue weighted by Gasteiger charge is 2.27. The first-order valence-corrected chi connectivity index (χ1v) is 9.01. The number of nitrogens with one attached hydrogen (secondary N) is 2. The van der Waals surface area contributed by atoms with Crippen LogP contribution in [-0.2, 0) is 11.8 Å². The Morgan fingerprint density at radius 2 is 2.45 bits per heavy atom. The molecule has 2 N–H and O–H groups in total. The Labute approximate surface area is 135 Å². The van der Waals surface area contributed by atoms with Gasteiger partial charge in [0.05, 0.1) is 18.2 Å². The quantitative estimate of drug-likeness (QED) is 0.887. The number of thioether (sulfide) groups is 1. The van der Waals surface area contributed by atoms with Gasteiger partial charge in [-0.2, -0.15) is 11.8 Å². The van der Waals surface area contributed by atoms with Crippen molar-refractivity contribution in [3.8, 4) is 0 Å². The van der Waals surface area contributed by atoms with Crippen LogP contribution in [0.2, 0.25) is 0 Å². The molecule has 2 aliphatic heterocycles. The van der Waals surface area contributed by atoms with Crippen molar-refractivity contribution in [1.29, 1.82) is 0 Å². The van der Waals surface area contributed by atoms with Gasteiger partial charge in [-0.15, -0.1) is 0 Å². The third-order valence-electron chi connectivity index (χ3n) is 4.32. The molecule has 2 fully saturated rings. The molecule has 3 heterocycles. The highest BCUT2D eigenvalue weighted by molar-refractivity contribution is 8.00. The van der Waals surface area contributed by atoms with E-state index in [1.54, 1.807) is 6.33 Å². The molecule has 6 nitrogen and oxygen atoms in total. The summed E-state index contributed by atoms with van der Waals surface area (Å²) in [6.45, 7) is 1.43. The summed E-state index contributed by atoms with van der Waals surface area (Å²) >= 11 is 1.96. The Balaban J connectivity index is 1.45. The molecule has 0 saturated carbocycles. The standard InChI is InChI=1S/C15H24N4O2S/c1-19-10-16-9-13(19)14-7-11(4-5-21-14)18-15(20)17-8-12-3-2-6-22-12/h9-12,14H,2-8H2,1H3,(H2,17,18,20)/t11-,12-,14+/m1/s1. The van der Waals surface area contributed by atoms with Gasteiger partial charge in [0, 0.05) is 31.5 Å². The molecule has 0 aromatic carbocycles. The number of nitrogens with zero attached hydrogens (tertiary/aromatic N) is 2. The molecule has 3 rings (SSSR count). The maximum atomic E-state index is 12.0. The zero-order chi connectivity index (χ0) is 15.4. The van der Waals surface area contributed by atoms with Gasteiger partial charge in [0.2, 0.25) is 0 Å². The SMILES string of the molecule is Cn1cncc1[C@@H]1C[C@H](NC(=O)NC[C@H]2CCCS2)CCO1.